The molecule has 0 unspecified atom stereocenters. The summed E-state index contributed by atoms with van der Waals surface area (Å²) in [5.41, 5.74) is 0.613. The minimum atomic E-state index is -0.362. The average molecular weight is 418 g/mol. The third-order valence-corrected chi connectivity index (χ3v) is 6.10. The van der Waals surface area contributed by atoms with Crippen molar-refractivity contribution in [3.05, 3.63) is 47.3 Å². The number of amides is 1. The molecule has 1 aromatic carbocycles. The molecule has 29 heavy (non-hydrogen) atoms. The SMILES string of the molecule is C=CCNC(=O)[C@H](C)Sc1nc2ccccc2c(=O)n1CCC[NH+]1CCOCC1. The van der Waals surface area contributed by atoms with E-state index in [4.69, 9.17) is 9.72 Å². The topological polar surface area (TPSA) is 77.7 Å². The van der Waals surface area contributed by atoms with Gasteiger partial charge in [-0.25, -0.2) is 4.98 Å². The van der Waals surface area contributed by atoms with Crippen LogP contribution in [0.25, 0.3) is 10.9 Å². The number of quaternary nitrogens is 1. The number of thioether (sulfide) groups is 1. The second kappa shape index (κ2) is 10.6. The largest absolute Gasteiger partial charge is 0.370 e. The van der Waals surface area contributed by atoms with E-state index in [1.54, 1.807) is 10.6 Å². The predicted molar refractivity (Wildman–Crippen MR) is 116 cm³/mol. The van der Waals surface area contributed by atoms with Crippen LogP contribution in [0.4, 0.5) is 0 Å². The Morgan fingerprint density at radius 2 is 2.17 bits per heavy atom. The van der Waals surface area contributed by atoms with Crippen LogP contribution in [-0.2, 0) is 16.1 Å². The molecular weight excluding hydrogens is 388 g/mol. The number of rotatable bonds is 9. The van der Waals surface area contributed by atoms with E-state index in [0.717, 1.165) is 39.3 Å². The maximum atomic E-state index is 13.1. The molecule has 1 amide bonds. The number of ether oxygens (including phenoxy) is 1. The molecule has 0 bridgehead atoms. The molecule has 2 N–H and O–H groups in total. The molecule has 3 rings (SSSR count). The molecule has 1 aliphatic heterocycles. The van der Waals surface area contributed by atoms with Crippen molar-refractivity contribution >= 4 is 28.6 Å². The van der Waals surface area contributed by atoms with Gasteiger partial charge in [0.05, 0.1) is 35.9 Å². The van der Waals surface area contributed by atoms with Crippen LogP contribution in [0.1, 0.15) is 13.3 Å². The highest BCUT2D eigenvalue weighted by atomic mass is 32.2. The van der Waals surface area contributed by atoms with Crippen molar-refractivity contribution in [2.75, 3.05) is 39.4 Å². The molecule has 2 heterocycles. The van der Waals surface area contributed by atoms with Crippen LogP contribution in [0.3, 0.4) is 0 Å². The van der Waals surface area contributed by atoms with Gasteiger partial charge in [-0.15, -0.1) is 6.58 Å². The fraction of sp³-hybridized carbons (Fsp3) is 0.476. The monoisotopic (exact) mass is 417 g/mol. The standard InChI is InChI=1S/C21H28N4O3S/c1-3-9-22-19(26)16(2)29-21-23-18-8-5-4-7-17(18)20(27)25(21)11-6-10-24-12-14-28-15-13-24/h3-5,7-8,16H,1,6,9-15H2,2H3,(H,22,26)/p+1/t16-/m0/s1. The maximum Gasteiger partial charge on any atom is 0.262 e. The van der Waals surface area contributed by atoms with Crippen molar-refractivity contribution in [1.82, 2.24) is 14.9 Å². The normalized spacial score (nSPS) is 15.9. The third-order valence-electron chi connectivity index (χ3n) is 5.01. The lowest BCUT2D eigenvalue weighted by molar-refractivity contribution is -0.908. The summed E-state index contributed by atoms with van der Waals surface area (Å²) in [7, 11) is 0. The van der Waals surface area contributed by atoms with Crippen molar-refractivity contribution in [3.8, 4) is 0 Å². The van der Waals surface area contributed by atoms with Crippen molar-refractivity contribution < 1.29 is 14.4 Å². The summed E-state index contributed by atoms with van der Waals surface area (Å²) in [5.74, 6) is -0.0957. The van der Waals surface area contributed by atoms with Gasteiger partial charge in [-0.05, 0) is 19.1 Å². The van der Waals surface area contributed by atoms with Crippen molar-refractivity contribution in [1.29, 1.82) is 0 Å². The molecule has 2 aromatic rings. The Labute approximate surface area is 175 Å². The number of morpholine rings is 1. The van der Waals surface area contributed by atoms with E-state index in [1.807, 2.05) is 31.2 Å². The Morgan fingerprint density at radius 1 is 1.41 bits per heavy atom. The summed E-state index contributed by atoms with van der Waals surface area (Å²) in [5, 5.41) is 3.64. The molecule has 1 saturated heterocycles. The van der Waals surface area contributed by atoms with Crippen LogP contribution < -0.4 is 15.8 Å². The van der Waals surface area contributed by atoms with Crippen LogP contribution in [0, 0.1) is 0 Å². The fourth-order valence-electron chi connectivity index (χ4n) is 3.36. The minimum Gasteiger partial charge on any atom is -0.370 e. The van der Waals surface area contributed by atoms with Crippen LogP contribution in [-0.4, -0.2) is 60.1 Å². The second-order valence-electron chi connectivity index (χ2n) is 7.13. The van der Waals surface area contributed by atoms with Crippen molar-refractivity contribution in [3.63, 3.8) is 0 Å². The Hall–Kier alpha value is -2.16. The average Bonchev–Trinajstić information content (AvgIpc) is 2.74. The van der Waals surface area contributed by atoms with Crippen LogP contribution in [0.15, 0.2) is 46.9 Å². The number of nitrogens with one attached hydrogen (secondary N) is 2. The van der Waals surface area contributed by atoms with Gasteiger partial charge in [-0.2, -0.15) is 0 Å². The number of hydrogen-bond acceptors (Lipinski definition) is 5. The van der Waals surface area contributed by atoms with E-state index < -0.39 is 0 Å². The number of para-hydroxylation sites is 1. The molecule has 7 nitrogen and oxygen atoms in total. The summed E-state index contributed by atoms with van der Waals surface area (Å²) in [6.07, 6.45) is 2.52. The second-order valence-corrected chi connectivity index (χ2v) is 8.44. The molecule has 1 fully saturated rings. The van der Waals surface area contributed by atoms with Crippen LogP contribution in [0.5, 0.6) is 0 Å². The third kappa shape index (κ3) is 5.68. The van der Waals surface area contributed by atoms with E-state index in [9.17, 15) is 9.59 Å². The molecule has 1 aliphatic rings. The number of benzene rings is 1. The first-order valence-electron chi connectivity index (χ1n) is 10.1. The summed E-state index contributed by atoms with van der Waals surface area (Å²) >= 11 is 1.32. The number of carbonyl (C=O) groups is 1. The molecule has 0 spiro atoms. The first-order chi connectivity index (χ1) is 14.1. The van der Waals surface area contributed by atoms with Crippen molar-refractivity contribution in [2.24, 2.45) is 0 Å². The number of aromatic nitrogens is 2. The van der Waals surface area contributed by atoms with E-state index in [2.05, 4.69) is 11.9 Å². The maximum absolute atomic E-state index is 13.1. The summed E-state index contributed by atoms with van der Waals surface area (Å²) in [6.45, 7) is 11.0. The lowest BCUT2D eigenvalue weighted by Crippen LogP contribution is -3.14. The fourth-order valence-corrected chi connectivity index (χ4v) is 4.32. The number of hydrogen-bond donors (Lipinski definition) is 2. The molecule has 0 radical (unpaired) electrons. The van der Waals surface area contributed by atoms with E-state index in [1.165, 1.54) is 16.7 Å². The minimum absolute atomic E-state index is 0.0474. The molecular formula is C21H29N4O3S+. The smallest absolute Gasteiger partial charge is 0.262 e. The molecule has 0 saturated carbocycles. The number of nitrogens with zero attached hydrogens (tertiary/aromatic N) is 2. The number of carbonyl (C=O) groups excluding carboxylic acids is 1. The van der Waals surface area contributed by atoms with Gasteiger partial charge in [-0.1, -0.05) is 30.0 Å². The van der Waals surface area contributed by atoms with Crippen LogP contribution >= 0.6 is 11.8 Å². The van der Waals surface area contributed by atoms with Crippen LogP contribution in [0.2, 0.25) is 0 Å². The van der Waals surface area contributed by atoms with Gasteiger partial charge in [-0.3, -0.25) is 14.2 Å². The highest BCUT2D eigenvalue weighted by molar-refractivity contribution is 8.00. The highest BCUT2D eigenvalue weighted by Crippen LogP contribution is 2.22. The van der Waals surface area contributed by atoms with Gasteiger partial charge >= 0.3 is 0 Å². The van der Waals surface area contributed by atoms with Crippen molar-refractivity contribution in [2.45, 2.75) is 30.3 Å². The Bertz CT molecular complexity index is 908. The first kappa shape index (κ1) is 21.5. The van der Waals surface area contributed by atoms with Gasteiger partial charge in [0.25, 0.3) is 5.56 Å². The lowest BCUT2D eigenvalue weighted by atomic mass is 10.2. The molecule has 1 atom stereocenters. The van der Waals surface area contributed by atoms with Gasteiger partial charge < -0.3 is 15.0 Å². The van der Waals surface area contributed by atoms with E-state index in [-0.39, 0.29) is 16.7 Å². The summed E-state index contributed by atoms with van der Waals surface area (Å²) in [6, 6.07) is 7.37. The Balaban J connectivity index is 1.79. The van der Waals surface area contributed by atoms with Gasteiger partial charge in [0, 0.05) is 19.5 Å². The zero-order valence-corrected chi connectivity index (χ0v) is 17.7. The predicted octanol–water partition coefficient (Wildman–Crippen LogP) is 0.485. The zero-order valence-electron chi connectivity index (χ0n) is 16.9. The Morgan fingerprint density at radius 3 is 2.93 bits per heavy atom. The Kier molecular flexibility index (Phi) is 7.85. The quantitative estimate of drug-likeness (QED) is 0.353. The summed E-state index contributed by atoms with van der Waals surface area (Å²) < 4.78 is 7.14. The molecule has 0 aliphatic carbocycles. The molecule has 156 valence electrons. The van der Waals surface area contributed by atoms with E-state index >= 15 is 0 Å². The first-order valence-corrected chi connectivity index (χ1v) is 10.9. The van der Waals surface area contributed by atoms with Gasteiger partial charge in [0.2, 0.25) is 5.91 Å². The van der Waals surface area contributed by atoms with E-state index in [0.29, 0.717) is 29.1 Å². The highest BCUT2D eigenvalue weighted by Gasteiger charge is 2.20. The number of fused-ring (bicyclic) bond motifs is 1. The van der Waals surface area contributed by atoms with Gasteiger partial charge in [0.15, 0.2) is 5.16 Å². The lowest BCUT2D eigenvalue weighted by Gasteiger charge is -2.24. The zero-order chi connectivity index (χ0) is 20.6. The molecule has 1 aromatic heterocycles. The molecule has 8 heteroatoms. The summed E-state index contributed by atoms with van der Waals surface area (Å²) in [4.78, 5) is 31.6. The van der Waals surface area contributed by atoms with Gasteiger partial charge in [0.1, 0.15) is 13.1 Å².